The van der Waals surface area contributed by atoms with Crippen LogP contribution in [-0.4, -0.2) is 34.9 Å². The van der Waals surface area contributed by atoms with Crippen LogP contribution >= 0.6 is 0 Å². The molecule has 1 atom stereocenters. The number of aliphatic hydroxyl groups excluding tert-OH is 1. The number of rotatable bonds is 7. The van der Waals surface area contributed by atoms with Crippen LogP contribution in [0.3, 0.4) is 0 Å². The second-order valence-corrected chi connectivity index (χ2v) is 6.10. The lowest BCUT2D eigenvalue weighted by Gasteiger charge is -2.26. The third-order valence-electron chi connectivity index (χ3n) is 3.88. The molecule has 0 bridgehead atoms. The average molecular weight is 340 g/mol. The summed E-state index contributed by atoms with van der Waals surface area (Å²) in [5.74, 6) is -0.488. The van der Waals surface area contributed by atoms with Crippen LogP contribution < -0.4 is 5.32 Å². The van der Waals surface area contributed by atoms with Crippen LogP contribution in [0.1, 0.15) is 29.7 Å². The highest BCUT2D eigenvalue weighted by atomic mass is 16.3. The molecular weight excluding hydrogens is 316 g/mol. The summed E-state index contributed by atoms with van der Waals surface area (Å²) in [6, 6.07) is 17.2. The van der Waals surface area contributed by atoms with E-state index in [4.69, 9.17) is 0 Å². The Bertz CT molecular complexity index is 716. The number of carbonyl (C=O) groups is 2. The smallest absolute Gasteiger partial charge is 0.242 e. The highest BCUT2D eigenvalue weighted by Crippen LogP contribution is 2.17. The second kappa shape index (κ2) is 8.99. The van der Waals surface area contributed by atoms with E-state index in [1.54, 1.807) is 4.90 Å². The van der Waals surface area contributed by atoms with Gasteiger partial charge in [0.05, 0.1) is 19.2 Å². The number of hydrogen-bond donors (Lipinski definition) is 2. The molecule has 2 rings (SSSR count). The van der Waals surface area contributed by atoms with Crippen molar-refractivity contribution in [1.82, 2.24) is 10.2 Å². The number of amides is 2. The normalized spacial score (nSPS) is 11.6. The molecule has 0 saturated heterocycles. The van der Waals surface area contributed by atoms with Crippen molar-refractivity contribution in [2.75, 3.05) is 13.1 Å². The molecule has 0 aliphatic carbocycles. The Morgan fingerprint density at radius 2 is 1.84 bits per heavy atom. The molecule has 1 unspecified atom stereocenters. The monoisotopic (exact) mass is 340 g/mol. The lowest BCUT2D eigenvalue weighted by atomic mass is 10.1. The molecule has 0 aliphatic rings. The number of aliphatic hydroxyl groups is 1. The number of carbonyl (C=O) groups excluding carboxylic acids is 2. The van der Waals surface area contributed by atoms with Crippen molar-refractivity contribution in [3.05, 3.63) is 71.3 Å². The fraction of sp³-hybridized carbons (Fsp3) is 0.300. The molecule has 2 aromatic rings. The predicted octanol–water partition coefficient (Wildman–Crippen LogP) is 2.19. The van der Waals surface area contributed by atoms with Crippen molar-refractivity contribution in [3.63, 3.8) is 0 Å². The fourth-order valence-electron chi connectivity index (χ4n) is 2.56. The zero-order valence-electron chi connectivity index (χ0n) is 14.6. The number of nitrogens with zero attached hydrogens (tertiary/aromatic N) is 1. The van der Waals surface area contributed by atoms with Gasteiger partial charge in [-0.05, 0) is 18.1 Å². The fourth-order valence-corrected chi connectivity index (χ4v) is 2.56. The van der Waals surface area contributed by atoms with Crippen LogP contribution in [0, 0.1) is 6.92 Å². The summed E-state index contributed by atoms with van der Waals surface area (Å²) in [6.45, 7) is 3.79. The maximum Gasteiger partial charge on any atom is 0.242 e. The van der Waals surface area contributed by atoms with Gasteiger partial charge in [0.1, 0.15) is 0 Å². The van der Waals surface area contributed by atoms with Gasteiger partial charge in [-0.3, -0.25) is 9.59 Å². The molecular formula is C20H24N2O3. The predicted molar refractivity (Wildman–Crippen MR) is 96.7 cm³/mol. The van der Waals surface area contributed by atoms with Crippen molar-refractivity contribution in [2.24, 2.45) is 0 Å². The van der Waals surface area contributed by atoms with E-state index < -0.39 is 6.10 Å². The summed E-state index contributed by atoms with van der Waals surface area (Å²) in [7, 11) is 0. The van der Waals surface area contributed by atoms with E-state index in [0.29, 0.717) is 6.54 Å². The lowest BCUT2D eigenvalue weighted by Crippen LogP contribution is -2.41. The van der Waals surface area contributed by atoms with Crippen molar-refractivity contribution < 1.29 is 14.7 Å². The molecule has 2 N–H and O–H groups in total. The van der Waals surface area contributed by atoms with Crippen LogP contribution in [0.25, 0.3) is 0 Å². The lowest BCUT2D eigenvalue weighted by molar-refractivity contribution is -0.134. The van der Waals surface area contributed by atoms with Gasteiger partial charge in [0.25, 0.3) is 0 Å². The molecule has 2 amide bonds. The van der Waals surface area contributed by atoms with Crippen LogP contribution in [0.5, 0.6) is 0 Å². The molecule has 0 aliphatic heterocycles. The Balaban J connectivity index is 2.12. The first-order valence-electron chi connectivity index (χ1n) is 8.26. The van der Waals surface area contributed by atoms with E-state index in [2.05, 4.69) is 5.32 Å². The number of hydrogen-bond acceptors (Lipinski definition) is 3. The number of nitrogens with one attached hydrogen (secondary N) is 1. The molecule has 0 heterocycles. The van der Waals surface area contributed by atoms with Gasteiger partial charge in [-0.25, -0.2) is 0 Å². The molecule has 0 aromatic heterocycles. The Hall–Kier alpha value is -2.66. The summed E-state index contributed by atoms with van der Waals surface area (Å²) < 4.78 is 0. The van der Waals surface area contributed by atoms with Gasteiger partial charge in [-0.1, -0.05) is 60.2 Å². The third kappa shape index (κ3) is 6.04. The molecule has 0 saturated carbocycles. The van der Waals surface area contributed by atoms with Crippen LogP contribution in [0.4, 0.5) is 0 Å². The highest BCUT2D eigenvalue weighted by Gasteiger charge is 2.19. The molecule has 0 spiro atoms. The summed E-state index contributed by atoms with van der Waals surface area (Å²) in [6.07, 6.45) is -0.787. The highest BCUT2D eigenvalue weighted by molar-refractivity contribution is 5.83. The minimum Gasteiger partial charge on any atom is -0.387 e. The van der Waals surface area contributed by atoms with E-state index in [0.717, 1.165) is 16.7 Å². The summed E-state index contributed by atoms with van der Waals surface area (Å²) in [5, 5.41) is 13.1. The van der Waals surface area contributed by atoms with Gasteiger partial charge in [0.15, 0.2) is 0 Å². The maximum absolute atomic E-state index is 12.5. The van der Waals surface area contributed by atoms with E-state index in [1.165, 1.54) is 6.92 Å². The van der Waals surface area contributed by atoms with Crippen molar-refractivity contribution in [1.29, 1.82) is 0 Å². The van der Waals surface area contributed by atoms with E-state index in [-0.39, 0.29) is 24.9 Å². The van der Waals surface area contributed by atoms with Gasteiger partial charge in [-0.15, -0.1) is 0 Å². The van der Waals surface area contributed by atoms with E-state index in [1.807, 2.05) is 61.5 Å². The quantitative estimate of drug-likeness (QED) is 0.812. The molecule has 5 nitrogen and oxygen atoms in total. The van der Waals surface area contributed by atoms with Crippen LogP contribution in [0.2, 0.25) is 0 Å². The van der Waals surface area contributed by atoms with E-state index in [9.17, 15) is 14.7 Å². The first-order chi connectivity index (χ1) is 12.0. The molecule has 132 valence electrons. The van der Waals surface area contributed by atoms with E-state index >= 15 is 0 Å². The average Bonchev–Trinajstić information content (AvgIpc) is 2.60. The summed E-state index contributed by atoms with van der Waals surface area (Å²) in [4.78, 5) is 25.1. The Morgan fingerprint density at radius 1 is 1.12 bits per heavy atom. The largest absolute Gasteiger partial charge is 0.387 e. The molecule has 25 heavy (non-hydrogen) atoms. The van der Waals surface area contributed by atoms with Gasteiger partial charge >= 0.3 is 0 Å². The molecule has 2 aromatic carbocycles. The molecule has 0 fully saturated rings. The van der Waals surface area contributed by atoms with Crippen molar-refractivity contribution >= 4 is 11.8 Å². The molecule has 5 heteroatoms. The Kier molecular flexibility index (Phi) is 6.71. The van der Waals surface area contributed by atoms with Gasteiger partial charge in [0.2, 0.25) is 11.8 Å². The first-order valence-corrected chi connectivity index (χ1v) is 8.26. The zero-order valence-corrected chi connectivity index (χ0v) is 14.6. The van der Waals surface area contributed by atoms with Crippen molar-refractivity contribution in [3.8, 4) is 0 Å². The zero-order chi connectivity index (χ0) is 18.2. The summed E-state index contributed by atoms with van der Waals surface area (Å²) >= 11 is 0. The maximum atomic E-state index is 12.5. The topological polar surface area (TPSA) is 69.6 Å². The van der Waals surface area contributed by atoms with Gasteiger partial charge < -0.3 is 15.3 Å². The first kappa shape index (κ1) is 18.7. The van der Waals surface area contributed by atoms with Crippen molar-refractivity contribution in [2.45, 2.75) is 26.5 Å². The van der Waals surface area contributed by atoms with Crippen LogP contribution in [-0.2, 0) is 16.1 Å². The van der Waals surface area contributed by atoms with Gasteiger partial charge in [-0.2, -0.15) is 0 Å². The minimum atomic E-state index is -0.787. The minimum absolute atomic E-state index is 0.0807. The van der Waals surface area contributed by atoms with Gasteiger partial charge in [0, 0.05) is 13.5 Å². The van der Waals surface area contributed by atoms with Crippen LogP contribution in [0.15, 0.2) is 54.6 Å². The molecule has 0 radical (unpaired) electrons. The third-order valence-corrected chi connectivity index (χ3v) is 3.88. The standard InChI is InChI=1S/C20H24N2O3/c1-15-7-6-10-18(11-15)19(24)14-22(20(25)12-21-16(2)23)13-17-8-4-3-5-9-17/h3-11,19,24H,12-14H2,1-2H3,(H,21,23). The Labute approximate surface area is 148 Å². The number of aryl methyl sites for hydroxylation is 1. The summed E-state index contributed by atoms with van der Waals surface area (Å²) in [5.41, 5.74) is 2.79. The SMILES string of the molecule is CC(=O)NCC(=O)N(Cc1ccccc1)CC(O)c1cccc(C)c1. The number of benzene rings is 2. The second-order valence-electron chi connectivity index (χ2n) is 6.10. The Morgan fingerprint density at radius 3 is 2.48 bits per heavy atom.